The highest BCUT2D eigenvalue weighted by Crippen LogP contribution is 2.25. The lowest BCUT2D eigenvalue weighted by atomic mass is 10.1. The molecule has 1 unspecified atom stereocenters. The van der Waals surface area contributed by atoms with Crippen LogP contribution in [0.1, 0.15) is 0 Å². The van der Waals surface area contributed by atoms with Gasteiger partial charge in [0.2, 0.25) is 0 Å². The van der Waals surface area contributed by atoms with Crippen LogP contribution in [-0.4, -0.2) is 18.8 Å². The second kappa shape index (κ2) is 4.51. The first-order valence-electron chi connectivity index (χ1n) is 2.90. The summed E-state index contributed by atoms with van der Waals surface area (Å²) in [6.45, 7) is 0. The Morgan fingerprint density at radius 3 is 2.91 bits per heavy atom. The third-order valence-corrected chi connectivity index (χ3v) is 2.33. The van der Waals surface area contributed by atoms with E-state index in [0.717, 1.165) is 5.75 Å². The van der Waals surface area contributed by atoms with Crippen molar-refractivity contribution in [2.45, 2.75) is 0 Å². The van der Waals surface area contributed by atoms with Gasteiger partial charge in [-0.2, -0.15) is 0 Å². The number of halogens is 1. The zero-order valence-corrected chi connectivity index (χ0v) is 7.71. The SMILES string of the molecule is COC(=O)C1CSC=C1N.Cl. The lowest BCUT2D eigenvalue weighted by Gasteiger charge is -2.06. The molecule has 0 aromatic rings. The molecule has 0 saturated carbocycles. The van der Waals surface area contributed by atoms with Gasteiger partial charge in [-0.3, -0.25) is 4.79 Å². The zero-order chi connectivity index (χ0) is 7.56. The van der Waals surface area contributed by atoms with Crippen LogP contribution >= 0.6 is 24.2 Å². The van der Waals surface area contributed by atoms with Crippen molar-refractivity contribution in [3.63, 3.8) is 0 Å². The van der Waals surface area contributed by atoms with E-state index in [9.17, 15) is 4.79 Å². The third kappa shape index (κ3) is 2.31. The molecule has 1 aliphatic rings. The number of nitrogens with two attached hydrogens (primary N) is 1. The van der Waals surface area contributed by atoms with Gasteiger partial charge in [0.1, 0.15) is 5.92 Å². The first kappa shape index (κ1) is 10.7. The summed E-state index contributed by atoms with van der Waals surface area (Å²) in [5.74, 6) is 0.271. The summed E-state index contributed by atoms with van der Waals surface area (Å²) >= 11 is 1.55. The van der Waals surface area contributed by atoms with Crippen LogP contribution in [0.25, 0.3) is 0 Å². The monoisotopic (exact) mass is 195 g/mol. The number of thioether (sulfide) groups is 1. The van der Waals surface area contributed by atoms with Crippen molar-refractivity contribution >= 4 is 30.1 Å². The van der Waals surface area contributed by atoms with Gasteiger partial charge in [0.05, 0.1) is 7.11 Å². The minimum absolute atomic E-state index is 0. The Morgan fingerprint density at radius 2 is 2.55 bits per heavy atom. The number of carbonyl (C=O) groups is 1. The lowest BCUT2D eigenvalue weighted by Crippen LogP contribution is -2.21. The summed E-state index contributed by atoms with van der Waals surface area (Å²) in [7, 11) is 1.37. The number of carbonyl (C=O) groups excluding carboxylic acids is 1. The highest BCUT2D eigenvalue weighted by atomic mass is 35.5. The maximum atomic E-state index is 10.9. The van der Waals surface area contributed by atoms with Gasteiger partial charge in [-0.25, -0.2) is 0 Å². The fraction of sp³-hybridized carbons (Fsp3) is 0.500. The van der Waals surface area contributed by atoms with Crippen LogP contribution in [0.4, 0.5) is 0 Å². The van der Waals surface area contributed by atoms with Gasteiger partial charge in [-0.05, 0) is 5.41 Å². The molecule has 1 aliphatic heterocycles. The van der Waals surface area contributed by atoms with E-state index in [0.29, 0.717) is 5.70 Å². The molecule has 1 heterocycles. The van der Waals surface area contributed by atoms with E-state index in [1.165, 1.54) is 7.11 Å². The fourth-order valence-electron chi connectivity index (χ4n) is 0.765. The maximum Gasteiger partial charge on any atom is 0.315 e. The van der Waals surface area contributed by atoms with Crippen LogP contribution in [0.2, 0.25) is 0 Å². The summed E-state index contributed by atoms with van der Waals surface area (Å²) < 4.78 is 4.53. The number of esters is 1. The van der Waals surface area contributed by atoms with E-state index < -0.39 is 0 Å². The Balaban J connectivity index is 0.000001000. The van der Waals surface area contributed by atoms with Crippen molar-refractivity contribution in [2.75, 3.05) is 12.9 Å². The molecule has 11 heavy (non-hydrogen) atoms. The number of ether oxygens (including phenoxy) is 1. The van der Waals surface area contributed by atoms with Crippen molar-refractivity contribution in [2.24, 2.45) is 11.7 Å². The molecule has 5 heteroatoms. The van der Waals surface area contributed by atoms with E-state index >= 15 is 0 Å². The average Bonchev–Trinajstić information content (AvgIpc) is 2.34. The first-order chi connectivity index (χ1) is 4.75. The van der Waals surface area contributed by atoms with Gasteiger partial charge >= 0.3 is 5.97 Å². The molecule has 64 valence electrons. The van der Waals surface area contributed by atoms with Crippen LogP contribution in [-0.2, 0) is 9.53 Å². The highest BCUT2D eigenvalue weighted by molar-refractivity contribution is 8.02. The Bertz CT molecular complexity index is 183. The van der Waals surface area contributed by atoms with Crippen molar-refractivity contribution in [1.82, 2.24) is 0 Å². The maximum absolute atomic E-state index is 10.9. The van der Waals surface area contributed by atoms with Crippen LogP contribution in [0.5, 0.6) is 0 Å². The van der Waals surface area contributed by atoms with Crippen LogP contribution < -0.4 is 5.73 Å². The fourth-order valence-corrected chi connectivity index (χ4v) is 1.74. The van der Waals surface area contributed by atoms with Crippen molar-refractivity contribution in [3.05, 3.63) is 11.1 Å². The second-order valence-electron chi connectivity index (χ2n) is 2.03. The van der Waals surface area contributed by atoms with Crippen LogP contribution in [0.15, 0.2) is 11.1 Å². The zero-order valence-electron chi connectivity index (χ0n) is 6.07. The molecule has 0 spiro atoms. The molecular formula is C6H10ClNO2S. The molecule has 2 N–H and O–H groups in total. The van der Waals surface area contributed by atoms with Gasteiger partial charge < -0.3 is 10.5 Å². The molecule has 3 nitrogen and oxygen atoms in total. The third-order valence-electron chi connectivity index (χ3n) is 1.37. The van der Waals surface area contributed by atoms with E-state index in [2.05, 4.69) is 4.74 Å². The largest absolute Gasteiger partial charge is 0.468 e. The number of rotatable bonds is 1. The molecule has 0 saturated heterocycles. The first-order valence-corrected chi connectivity index (χ1v) is 3.95. The summed E-state index contributed by atoms with van der Waals surface area (Å²) in [5.41, 5.74) is 6.12. The topological polar surface area (TPSA) is 52.3 Å². The Morgan fingerprint density at radius 1 is 1.91 bits per heavy atom. The second-order valence-corrected chi connectivity index (χ2v) is 2.93. The molecule has 1 rings (SSSR count). The summed E-state index contributed by atoms with van der Waals surface area (Å²) in [4.78, 5) is 10.9. The van der Waals surface area contributed by atoms with Gasteiger partial charge in [-0.1, -0.05) is 0 Å². The van der Waals surface area contributed by atoms with Crippen LogP contribution in [0, 0.1) is 5.92 Å². The standard InChI is InChI=1S/C6H9NO2S.ClH/c1-9-6(8)4-2-10-3-5(4)7;/h3-4H,2,7H2,1H3;1H. The predicted octanol–water partition coefficient (Wildman–Crippen LogP) is 0.744. The van der Waals surface area contributed by atoms with Gasteiger partial charge in [-0.15, -0.1) is 24.2 Å². The number of methoxy groups -OCH3 is 1. The molecule has 0 fully saturated rings. The minimum Gasteiger partial charge on any atom is -0.468 e. The molecule has 0 bridgehead atoms. The summed E-state index contributed by atoms with van der Waals surface area (Å²) in [6.07, 6.45) is 0. The lowest BCUT2D eigenvalue weighted by molar-refractivity contribution is -0.143. The van der Waals surface area contributed by atoms with Crippen molar-refractivity contribution in [1.29, 1.82) is 0 Å². The Hall–Kier alpha value is -0.350. The number of hydrogen-bond donors (Lipinski definition) is 1. The Labute approximate surface area is 75.8 Å². The molecule has 0 aromatic heterocycles. The van der Waals surface area contributed by atoms with Crippen LogP contribution in [0.3, 0.4) is 0 Å². The highest BCUT2D eigenvalue weighted by Gasteiger charge is 2.25. The minimum atomic E-state index is -0.237. The molecule has 0 amide bonds. The summed E-state index contributed by atoms with van der Waals surface area (Å²) in [6, 6.07) is 0. The van der Waals surface area contributed by atoms with E-state index in [1.807, 2.05) is 0 Å². The average molecular weight is 196 g/mol. The molecule has 0 radical (unpaired) electrons. The van der Waals surface area contributed by atoms with Gasteiger partial charge in [0.25, 0.3) is 0 Å². The normalized spacial score (nSPS) is 21.9. The summed E-state index contributed by atoms with van der Waals surface area (Å²) in [5, 5.41) is 1.79. The number of hydrogen-bond acceptors (Lipinski definition) is 4. The van der Waals surface area contributed by atoms with E-state index in [1.54, 1.807) is 17.2 Å². The quantitative estimate of drug-likeness (QED) is 0.628. The predicted molar refractivity (Wildman–Crippen MR) is 47.5 cm³/mol. The Kier molecular flexibility index (Phi) is 4.37. The van der Waals surface area contributed by atoms with Crippen molar-refractivity contribution in [3.8, 4) is 0 Å². The molecule has 0 aromatic carbocycles. The van der Waals surface area contributed by atoms with Crippen molar-refractivity contribution < 1.29 is 9.53 Å². The van der Waals surface area contributed by atoms with Gasteiger partial charge in [0.15, 0.2) is 0 Å². The molecule has 0 aliphatic carbocycles. The molecular weight excluding hydrogens is 186 g/mol. The smallest absolute Gasteiger partial charge is 0.315 e. The van der Waals surface area contributed by atoms with E-state index in [-0.39, 0.29) is 24.3 Å². The molecule has 1 atom stereocenters. The van der Waals surface area contributed by atoms with Gasteiger partial charge in [0, 0.05) is 11.4 Å². The van der Waals surface area contributed by atoms with E-state index in [4.69, 9.17) is 5.73 Å².